The fourth-order valence-electron chi connectivity index (χ4n) is 3.04. The van der Waals surface area contributed by atoms with Gasteiger partial charge in [0.25, 0.3) is 5.91 Å². The number of hydrogen-bond acceptors (Lipinski definition) is 6. The number of furan rings is 1. The topological polar surface area (TPSA) is 51.9 Å². The molecule has 2 aliphatic heterocycles. The van der Waals surface area contributed by atoms with Crippen molar-refractivity contribution in [3.05, 3.63) is 71.1 Å². The molecule has 8 heteroatoms. The number of thioether (sulfide) groups is 1. The van der Waals surface area contributed by atoms with Gasteiger partial charge >= 0.3 is 0 Å². The Morgan fingerprint density at radius 2 is 1.83 bits per heavy atom. The maximum absolute atomic E-state index is 13.1. The minimum absolute atomic E-state index is 0.159. The molecule has 1 amide bonds. The fourth-order valence-corrected chi connectivity index (χ4v) is 4.32. The average Bonchev–Trinajstić information content (AvgIpc) is 3.42. The quantitative estimate of drug-likeness (QED) is 0.424. The summed E-state index contributed by atoms with van der Waals surface area (Å²) in [6, 6.07) is 14.8. The van der Waals surface area contributed by atoms with Crippen molar-refractivity contribution in [2.75, 3.05) is 11.7 Å². The second kappa shape index (κ2) is 7.06. The Bertz CT molecular complexity index is 1170. The number of hydrogen-bond donors (Lipinski definition) is 0. The van der Waals surface area contributed by atoms with Gasteiger partial charge in [0, 0.05) is 17.7 Å². The maximum atomic E-state index is 13.1. The number of amides is 1. The van der Waals surface area contributed by atoms with Crippen LogP contribution in [0.1, 0.15) is 5.76 Å². The number of halogens is 1. The highest BCUT2D eigenvalue weighted by Gasteiger charge is 2.34. The average molecular weight is 425 g/mol. The molecule has 5 rings (SSSR count). The first kappa shape index (κ1) is 18.0. The van der Waals surface area contributed by atoms with Crippen LogP contribution in [0.25, 0.3) is 17.4 Å². The predicted molar refractivity (Wildman–Crippen MR) is 112 cm³/mol. The van der Waals surface area contributed by atoms with Gasteiger partial charge < -0.3 is 13.9 Å². The number of thiocarbonyl (C=S) groups is 1. The molecule has 0 aliphatic carbocycles. The van der Waals surface area contributed by atoms with E-state index in [9.17, 15) is 9.18 Å². The Hall–Kier alpha value is -3.10. The van der Waals surface area contributed by atoms with Gasteiger partial charge in [-0.2, -0.15) is 0 Å². The second-order valence-corrected chi connectivity index (χ2v) is 7.94. The molecule has 0 unspecified atom stereocenters. The molecule has 0 spiro atoms. The monoisotopic (exact) mass is 425 g/mol. The van der Waals surface area contributed by atoms with E-state index in [2.05, 4.69) is 0 Å². The highest BCUT2D eigenvalue weighted by molar-refractivity contribution is 8.27. The number of ether oxygens (including phenoxy) is 2. The van der Waals surface area contributed by atoms with Crippen molar-refractivity contribution in [3.8, 4) is 22.8 Å². The molecule has 2 aromatic carbocycles. The standard InChI is InChI=1S/C21H12FNO4S2/c22-13-3-1-12(2-4-13)16-8-6-15(27-16)10-19-20(24)23(21(28)29-19)14-5-7-17-18(9-14)26-11-25-17/h1-10H,11H2/b19-10-. The summed E-state index contributed by atoms with van der Waals surface area (Å²) in [7, 11) is 0. The summed E-state index contributed by atoms with van der Waals surface area (Å²) in [5, 5.41) is 0. The predicted octanol–water partition coefficient (Wildman–Crippen LogP) is 5.22. The molecule has 1 aromatic heterocycles. The molecule has 3 heterocycles. The largest absolute Gasteiger partial charge is 0.457 e. The molecule has 2 aliphatic rings. The summed E-state index contributed by atoms with van der Waals surface area (Å²) in [5.74, 6) is 1.76. The zero-order valence-corrected chi connectivity index (χ0v) is 16.4. The van der Waals surface area contributed by atoms with E-state index in [1.54, 1.807) is 48.5 Å². The van der Waals surface area contributed by atoms with Crippen molar-refractivity contribution in [2.45, 2.75) is 0 Å². The number of rotatable bonds is 3. The molecule has 144 valence electrons. The Kier molecular flexibility index (Phi) is 4.37. The molecular formula is C21H12FNO4S2. The first-order valence-electron chi connectivity index (χ1n) is 8.62. The van der Waals surface area contributed by atoms with Crippen molar-refractivity contribution >= 4 is 46.0 Å². The van der Waals surface area contributed by atoms with Gasteiger partial charge in [-0.25, -0.2) is 4.39 Å². The zero-order chi connectivity index (χ0) is 20.0. The van der Waals surface area contributed by atoms with Gasteiger partial charge in [0.15, 0.2) is 15.8 Å². The third-order valence-electron chi connectivity index (χ3n) is 4.44. The van der Waals surface area contributed by atoms with E-state index in [-0.39, 0.29) is 18.5 Å². The third-order valence-corrected chi connectivity index (χ3v) is 5.74. The van der Waals surface area contributed by atoms with Gasteiger partial charge in [-0.3, -0.25) is 9.69 Å². The lowest BCUT2D eigenvalue weighted by atomic mass is 10.2. The summed E-state index contributed by atoms with van der Waals surface area (Å²) in [4.78, 5) is 14.8. The molecule has 1 fully saturated rings. The van der Waals surface area contributed by atoms with Crippen LogP contribution >= 0.6 is 24.0 Å². The first-order chi connectivity index (χ1) is 14.1. The fraction of sp³-hybridized carbons (Fsp3) is 0.0476. The van der Waals surface area contributed by atoms with Crippen molar-refractivity contribution < 1.29 is 23.1 Å². The summed E-state index contributed by atoms with van der Waals surface area (Å²) in [6.45, 7) is 0.159. The van der Waals surface area contributed by atoms with Crippen LogP contribution in [0.5, 0.6) is 11.5 Å². The van der Waals surface area contributed by atoms with Gasteiger partial charge in [-0.15, -0.1) is 0 Å². The van der Waals surface area contributed by atoms with Gasteiger partial charge in [0.05, 0.1) is 10.6 Å². The summed E-state index contributed by atoms with van der Waals surface area (Å²) in [6.07, 6.45) is 1.65. The van der Waals surface area contributed by atoms with Gasteiger partial charge in [-0.05, 0) is 48.5 Å². The van der Waals surface area contributed by atoms with E-state index in [1.165, 1.54) is 28.8 Å². The molecular weight excluding hydrogens is 413 g/mol. The third kappa shape index (κ3) is 3.30. The number of anilines is 1. The maximum Gasteiger partial charge on any atom is 0.270 e. The van der Waals surface area contributed by atoms with Crippen LogP contribution in [0.4, 0.5) is 10.1 Å². The SMILES string of the molecule is O=C1/C(=C/c2ccc(-c3ccc(F)cc3)o2)SC(=S)N1c1ccc2c(c1)OCO2. The van der Waals surface area contributed by atoms with Gasteiger partial charge in [-0.1, -0.05) is 24.0 Å². The van der Waals surface area contributed by atoms with Crippen LogP contribution in [0.2, 0.25) is 0 Å². The van der Waals surface area contributed by atoms with E-state index in [4.69, 9.17) is 26.1 Å². The van der Waals surface area contributed by atoms with Gasteiger partial charge in [0.1, 0.15) is 17.3 Å². The molecule has 0 atom stereocenters. The van der Waals surface area contributed by atoms with E-state index < -0.39 is 0 Å². The van der Waals surface area contributed by atoms with Crippen LogP contribution in [-0.2, 0) is 4.79 Å². The molecule has 1 saturated heterocycles. The Morgan fingerprint density at radius 1 is 1.03 bits per heavy atom. The van der Waals surface area contributed by atoms with Crippen LogP contribution < -0.4 is 14.4 Å². The molecule has 5 nitrogen and oxygen atoms in total. The highest BCUT2D eigenvalue weighted by Crippen LogP contribution is 2.41. The van der Waals surface area contributed by atoms with Crippen molar-refractivity contribution in [1.29, 1.82) is 0 Å². The van der Waals surface area contributed by atoms with E-state index in [1.807, 2.05) is 0 Å². The van der Waals surface area contributed by atoms with Crippen molar-refractivity contribution in [2.24, 2.45) is 0 Å². The minimum atomic E-state index is -0.312. The second-order valence-electron chi connectivity index (χ2n) is 6.26. The van der Waals surface area contributed by atoms with Crippen molar-refractivity contribution in [3.63, 3.8) is 0 Å². The number of carbonyl (C=O) groups excluding carboxylic acids is 1. The Morgan fingerprint density at radius 3 is 2.66 bits per heavy atom. The minimum Gasteiger partial charge on any atom is -0.457 e. The van der Waals surface area contributed by atoms with Crippen LogP contribution in [0, 0.1) is 5.82 Å². The van der Waals surface area contributed by atoms with E-state index in [0.29, 0.717) is 37.9 Å². The smallest absolute Gasteiger partial charge is 0.270 e. The number of carbonyl (C=O) groups is 1. The van der Waals surface area contributed by atoms with Crippen molar-refractivity contribution in [1.82, 2.24) is 0 Å². The summed E-state index contributed by atoms with van der Waals surface area (Å²) in [5.41, 5.74) is 1.37. The van der Waals surface area contributed by atoms with E-state index in [0.717, 1.165) is 5.56 Å². The normalized spacial score (nSPS) is 16.9. The lowest BCUT2D eigenvalue weighted by Crippen LogP contribution is -2.27. The van der Waals surface area contributed by atoms with Crippen LogP contribution in [0.3, 0.4) is 0 Å². The number of benzene rings is 2. The lowest BCUT2D eigenvalue weighted by molar-refractivity contribution is -0.113. The number of nitrogens with zero attached hydrogens (tertiary/aromatic N) is 1. The van der Waals surface area contributed by atoms with Crippen LogP contribution in [0.15, 0.2) is 63.9 Å². The number of fused-ring (bicyclic) bond motifs is 1. The molecule has 0 N–H and O–H groups in total. The summed E-state index contributed by atoms with van der Waals surface area (Å²) >= 11 is 6.60. The summed E-state index contributed by atoms with van der Waals surface area (Å²) < 4.78 is 30.0. The molecule has 0 saturated carbocycles. The molecule has 29 heavy (non-hydrogen) atoms. The molecule has 3 aromatic rings. The van der Waals surface area contributed by atoms with Crippen LogP contribution in [-0.4, -0.2) is 17.0 Å². The zero-order valence-electron chi connectivity index (χ0n) is 14.8. The highest BCUT2D eigenvalue weighted by atomic mass is 32.2. The Labute approximate surface area is 174 Å². The Balaban J connectivity index is 1.41. The van der Waals surface area contributed by atoms with E-state index >= 15 is 0 Å². The van der Waals surface area contributed by atoms with Gasteiger partial charge in [0.2, 0.25) is 6.79 Å². The lowest BCUT2D eigenvalue weighted by Gasteiger charge is -2.14. The first-order valence-corrected chi connectivity index (χ1v) is 9.84. The molecule has 0 radical (unpaired) electrons. The molecule has 0 bridgehead atoms.